The molecule has 1 amide bonds. The largest absolute Gasteiger partial charge is 0.486 e. The number of ether oxygens (including phenoxy) is 1. The average molecular weight is 324 g/mol. The summed E-state index contributed by atoms with van der Waals surface area (Å²) in [7, 11) is 0. The van der Waals surface area contributed by atoms with Gasteiger partial charge in [0.15, 0.2) is 11.6 Å². The van der Waals surface area contributed by atoms with Crippen molar-refractivity contribution in [3.05, 3.63) is 29.8 Å². The van der Waals surface area contributed by atoms with Gasteiger partial charge in [-0.3, -0.25) is 4.79 Å². The van der Waals surface area contributed by atoms with Gasteiger partial charge < -0.3 is 15.4 Å². The van der Waals surface area contributed by atoms with Crippen LogP contribution in [0.15, 0.2) is 18.2 Å². The molecule has 0 radical (unpaired) electrons. The maximum atomic E-state index is 13.6. The fraction of sp³-hybridized carbons (Fsp3) is 0.588. The van der Waals surface area contributed by atoms with Crippen LogP contribution in [0.5, 0.6) is 5.75 Å². The number of carbonyl (C=O) groups excluding carboxylic acids is 1. The summed E-state index contributed by atoms with van der Waals surface area (Å²) in [5, 5.41) is 6.17. The highest BCUT2D eigenvalue weighted by Gasteiger charge is 2.32. The van der Waals surface area contributed by atoms with E-state index in [9.17, 15) is 13.6 Å². The number of nitrogens with one attached hydrogen (secondary N) is 2. The Bertz CT molecular complexity index is 562. The zero-order valence-electron chi connectivity index (χ0n) is 13.0. The van der Waals surface area contributed by atoms with Gasteiger partial charge in [0.2, 0.25) is 5.91 Å². The quantitative estimate of drug-likeness (QED) is 0.895. The van der Waals surface area contributed by atoms with Crippen LogP contribution in [0.25, 0.3) is 0 Å². The van der Waals surface area contributed by atoms with Crippen molar-refractivity contribution in [1.82, 2.24) is 10.6 Å². The molecular weight excluding hydrogens is 302 g/mol. The Balaban J connectivity index is 1.51. The first-order valence-electron chi connectivity index (χ1n) is 8.27. The van der Waals surface area contributed by atoms with Gasteiger partial charge in [-0.25, -0.2) is 8.78 Å². The van der Waals surface area contributed by atoms with Gasteiger partial charge >= 0.3 is 0 Å². The Morgan fingerprint density at radius 2 is 2.00 bits per heavy atom. The van der Waals surface area contributed by atoms with Gasteiger partial charge in [-0.05, 0) is 25.0 Å². The van der Waals surface area contributed by atoms with E-state index >= 15 is 0 Å². The average Bonchev–Trinajstić information content (AvgIpc) is 3.01. The van der Waals surface area contributed by atoms with E-state index in [4.69, 9.17) is 4.74 Å². The predicted molar refractivity (Wildman–Crippen MR) is 82.2 cm³/mol. The van der Waals surface area contributed by atoms with E-state index in [1.165, 1.54) is 6.42 Å². The molecule has 2 atom stereocenters. The lowest BCUT2D eigenvalue weighted by atomic mass is 9.95. The third-order valence-corrected chi connectivity index (χ3v) is 4.55. The molecule has 1 aliphatic heterocycles. The van der Waals surface area contributed by atoms with Crippen LogP contribution in [-0.2, 0) is 4.79 Å². The van der Waals surface area contributed by atoms with Crippen molar-refractivity contribution in [1.29, 1.82) is 0 Å². The molecule has 0 spiro atoms. The van der Waals surface area contributed by atoms with Crippen LogP contribution in [0.2, 0.25) is 0 Å². The van der Waals surface area contributed by atoms with Gasteiger partial charge in [0.25, 0.3) is 0 Å². The molecule has 1 heterocycles. The van der Waals surface area contributed by atoms with Crippen LogP contribution >= 0.6 is 0 Å². The molecule has 1 saturated carbocycles. The Morgan fingerprint density at radius 3 is 2.78 bits per heavy atom. The Hall–Kier alpha value is -1.69. The molecule has 6 heteroatoms. The SMILES string of the molecule is O=C(NC1CCCCC1)[C@@H]1C[C@H](Oc2cc(F)ccc2F)CN1. The number of hydrogen-bond donors (Lipinski definition) is 2. The topological polar surface area (TPSA) is 50.4 Å². The second kappa shape index (κ2) is 7.25. The third-order valence-electron chi connectivity index (χ3n) is 4.55. The van der Waals surface area contributed by atoms with Crippen molar-refractivity contribution in [3.63, 3.8) is 0 Å². The van der Waals surface area contributed by atoms with Crippen molar-refractivity contribution in [2.24, 2.45) is 0 Å². The van der Waals surface area contributed by atoms with Crippen molar-refractivity contribution in [2.45, 2.75) is 56.7 Å². The summed E-state index contributed by atoms with van der Waals surface area (Å²) in [6.45, 7) is 0.443. The summed E-state index contributed by atoms with van der Waals surface area (Å²) in [6.07, 6.45) is 5.74. The summed E-state index contributed by atoms with van der Waals surface area (Å²) in [5.41, 5.74) is 0. The third kappa shape index (κ3) is 4.19. The molecule has 4 nitrogen and oxygen atoms in total. The van der Waals surface area contributed by atoms with Crippen LogP contribution in [0, 0.1) is 11.6 Å². The monoisotopic (exact) mass is 324 g/mol. The maximum Gasteiger partial charge on any atom is 0.237 e. The molecule has 0 bridgehead atoms. The highest BCUT2D eigenvalue weighted by atomic mass is 19.1. The lowest BCUT2D eigenvalue weighted by Gasteiger charge is -2.24. The zero-order valence-corrected chi connectivity index (χ0v) is 13.0. The minimum absolute atomic E-state index is 0.0253. The van der Waals surface area contributed by atoms with Crippen molar-refractivity contribution < 1.29 is 18.3 Å². The van der Waals surface area contributed by atoms with Gasteiger partial charge in [-0.2, -0.15) is 0 Å². The summed E-state index contributed by atoms with van der Waals surface area (Å²) in [6, 6.07) is 3.05. The Kier molecular flexibility index (Phi) is 5.10. The van der Waals surface area contributed by atoms with E-state index in [1.807, 2.05) is 0 Å². The fourth-order valence-corrected chi connectivity index (χ4v) is 3.29. The first-order chi connectivity index (χ1) is 11.1. The van der Waals surface area contributed by atoms with E-state index in [2.05, 4.69) is 10.6 Å². The van der Waals surface area contributed by atoms with Crippen molar-refractivity contribution in [2.75, 3.05) is 6.54 Å². The van der Waals surface area contributed by atoms with Crippen molar-refractivity contribution >= 4 is 5.91 Å². The number of hydrogen-bond acceptors (Lipinski definition) is 3. The molecule has 0 aromatic heterocycles. The van der Waals surface area contributed by atoms with Crippen molar-refractivity contribution in [3.8, 4) is 5.75 Å². The van der Waals surface area contributed by atoms with Gasteiger partial charge in [0.05, 0.1) is 6.04 Å². The lowest BCUT2D eigenvalue weighted by molar-refractivity contribution is -0.123. The molecule has 2 fully saturated rings. The van der Waals surface area contributed by atoms with E-state index in [-0.39, 0.29) is 29.8 Å². The molecule has 0 unspecified atom stereocenters. The smallest absolute Gasteiger partial charge is 0.237 e. The number of benzene rings is 1. The molecule has 1 aromatic rings. The van der Waals surface area contributed by atoms with Gasteiger partial charge in [0, 0.05) is 25.1 Å². The van der Waals surface area contributed by atoms with Gasteiger partial charge in [0.1, 0.15) is 11.9 Å². The number of halogens is 2. The van der Waals surface area contributed by atoms with E-state index in [0.29, 0.717) is 13.0 Å². The normalized spacial score (nSPS) is 25.3. The van der Waals surface area contributed by atoms with Crippen LogP contribution in [0.1, 0.15) is 38.5 Å². The standard InChI is InChI=1S/C17H22F2N2O2/c18-11-6-7-14(19)16(8-11)23-13-9-15(20-10-13)17(22)21-12-4-2-1-3-5-12/h6-8,12-13,15,20H,1-5,9-10H2,(H,21,22)/t13-,15-/m0/s1. The highest BCUT2D eigenvalue weighted by Crippen LogP contribution is 2.23. The lowest BCUT2D eigenvalue weighted by Crippen LogP contribution is -2.45. The van der Waals surface area contributed by atoms with Crippen LogP contribution in [0.3, 0.4) is 0 Å². The molecule has 2 N–H and O–H groups in total. The second-order valence-electron chi connectivity index (χ2n) is 6.35. The zero-order chi connectivity index (χ0) is 16.2. The summed E-state index contributed by atoms with van der Waals surface area (Å²) < 4.78 is 32.3. The van der Waals surface area contributed by atoms with Crippen LogP contribution < -0.4 is 15.4 Å². The molecular formula is C17H22F2N2O2. The highest BCUT2D eigenvalue weighted by molar-refractivity contribution is 5.82. The summed E-state index contributed by atoms with van der Waals surface area (Å²) >= 11 is 0. The Labute approximate surface area is 134 Å². The molecule has 126 valence electrons. The number of amides is 1. The predicted octanol–water partition coefficient (Wildman–Crippen LogP) is 2.52. The summed E-state index contributed by atoms with van der Waals surface area (Å²) in [5.74, 6) is -1.27. The Morgan fingerprint density at radius 1 is 1.22 bits per heavy atom. The molecule has 1 aliphatic carbocycles. The van der Waals surface area contributed by atoms with E-state index in [0.717, 1.165) is 43.9 Å². The van der Waals surface area contributed by atoms with E-state index < -0.39 is 11.6 Å². The fourth-order valence-electron chi connectivity index (χ4n) is 3.29. The van der Waals surface area contributed by atoms with Crippen LogP contribution in [0.4, 0.5) is 8.78 Å². The minimum Gasteiger partial charge on any atom is -0.486 e. The molecule has 23 heavy (non-hydrogen) atoms. The maximum absolute atomic E-state index is 13.6. The first kappa shape index (κ1) is 16.2. The molecule has 1 saturated heterocycles. The summed E-state index contributed by atoms with van der Waals surface area (Å²) in [4.78, 5) is 12.3. The first-order valence-corrected chi connectivity index (χ1v) is 8.27. The second-order valence-corrected chi connectivity index (χ2v) is 6.35. The molecule has 2 aliphatic rings. The van der Waals surface area contributed by atoms with Gasteiger partial charge in [-0.1, -0.05) is 19.3 Å². The minimum atomic E-state index is -0.596. The van der Waals surface area contributed by atoms with Crippen LogP contribution in [-0.4, -0.2) is 30.6 Å². The number of carbonyl (C=O) groups is 1. The molecule has 1 aromatic carbocycles. The van der Waals surface area contributed by atoms with E-state index in [1.54, 1.807) is 0 Å². The number of rotatable bonds is 4. The van der Waals surface area contributed by atoms with Gasteiger partial charge in [-0.15, -0.1) is 0 Å². The molecule has 3 rings (SSSR count).